The molecule has 3 heterocycles. The maximum atomic E-state index is 12.5. The van der Waals surface area contributed by atoms with E-state index < -0.39 is 0 Å². The Morgan fingerprint density at radius 1 is 1.55 bits per heavy atom. The molecule has 20 heavy (non-hydrogen) atoms. The fourth-order valence-corrected chi connectivity index (χ4v) is 5.01. The molecule has 3 saturated heterocycles. The lowest BCUT2D eigenvalue weighted by atomic mass is 10.0. The molecule has 0 radical (unpaired) electrons. The number of amides is 2. The summed E-state index contributed by atoms with van der Waals surface area (Å²) in [5.74, 6) is 0.904. The molecule has 4 atom stereocenters. The summed E-state index contributed by atoms with van der Waals surface area (Å²) in [6.45, 7) is 5.18. The quantitative estimate of drug-likeness (QED) is 0.787. The van der Waals surface area contributed by atoms with Crippen molar-refractivity contribution in [3.8, 4) is 0 Å². The van der Waals surface area contributed by atoms with Crippen LogP contribution in [0.1, 0.15) is 39.5 Å². The molecular formula is C14H23N3O2S. The van der Waals surface area contributed by atoms with Gasteiger partial charge in [0.2, 0.25) is 11.8 Å². The molecule has 3 rings (SSSR count). The van der Waals surface area contributed by atoms with E-state index in [4.69, 9.17) is 0 Å². The number of fused-ring (bicyclic) bond motifs is 1. The number of piperidine rings is 1. The molecule has 112 valence electrons. The fraction of sp³-hybridized carbons (Fsp3) is 0.857. The third-order valence-electron chi connectivity index (χ3n) is 4.72. The van der Waals surface area contributed by atoms with Crippen molar-refractivity contribution in [2.75, 3.05) is 12.3 Å². The van der Waals surface area contributed by atoms with Gasteiger partial charge in [0.25, 0.3) is 0 Å². The third-order valence-corrected chi connectivity index (χ3v) is 6.22. The van der Waals surface area contributed by atoms with Crippen LogP contribution in [0.5, 0.6) is 0 Å². The lowest BCUT2D eigenvalue weighted by Crippen LogP contribution is -2.54. The number of carbonyl (C=O) groups excluding carboxylic acids is 2. The molecule has 3 aliphatic heterocycles. The van der Waals surface area contributed by atoms with E-state index in [1.807, 2.05) is 4.90 Å². The second kappa shape index (κ2) is 5.22. The molecule has 5 nitrogen and oxygen atoms in total. The van der Waals surface area contributed by atoms with E-state index in [0.29, 0.717) is 12.5 Å². The molecule has 0 bridgehead atoms. The van der Waals surface area contributed by atoms with Crippen LogP contribution in [0.2, 0.25) is 0 Å². The van der Waals surface area contributed by atoms with Crippen molar-refractivity contribution in [1.29, 1.82) is 0 Å². The van der Waals surface area contributed by atoms with E-state index in [1.54, 1.807) is 11.8 Å². The van der Waals surface area contributed by atoms with E-state index >= 15 is 0 Å². The van der Waals surface area contributed by atoms with Gasteiger partial charge in [-0.2, -0.15) is 0 Å². The van der Waals surface area contributed by atoms with Crippen LogP contribution in [0.25, 0.3) is 0 Å². The summed E-state index contributed by atoms with van der Waals surface area (Å²) < 4.78 is 0. The Kier molecular flexibility index (Phi) is 3.71. The standard InChI is InChI=1S/C14H23N3O2S/c1-9-7-10(4-6-15-9)16-13(19)11-8-20-14(2)5-3-12(18)17(11)14/h9-11,15H,3-8H2,1-2H3,(H,16,19). The van der Waals surface area contributed by atoms with Crippen molar-refractivity contribution in [3.63, 3.8) is 0 Å². The zero-order chi connectivity index (χ0) is 14.3. The summed E-state index contributed by atoms with van der Waals surface area (Å²) in [7, 11) is 0. The maximum absolute atomic E-state index is 12.5. The normalized spacial score (nSPS) is 40.8. The summed E-state index contributed by atoms with van der Waals surface area (Å²) in [5, 5.41) is 6.54. The number of rotatable bonds is 2. The minimum Gasteiger partial charge on any atom is -0.351 e. The van der Waals surface area contributed by atoms with Crippen LogP contribution in [0.15, 0.2) is 0 Å². The molecule has 0 aromatic rings. The number of hydrogen-bond acceptors (Lipinski definition) is 4. The van der Waals surface area contributed by atoms with Crippen LogP contribution in [0.3, 0.4) is 0 Å². The second-order valence-electron chi connectivity index (χ2n) is 6.35. The van der Waals surface area contributed by atoms with Gasteiger partial charge in [-0.15, -0.1) is 11.8 Å². The van der Waals surface area contributed by atoms with Crippen molar-refractivity contribution < 1.29 is 9.59 Å². The summed E-state index contributed by atoms with van der Waals surface area (Å²) in [6.07, 6.45) is 3.39. The number of hydrogen-bond donors (Lipinski definition) is 2. The topological polar surface area (TPSA) is 61.4 Å². The number of nitrogens with one attached hydrogen (secondary N) is 2. The minimum absolute atomic E-state index is 0.0376. The molecule has 2 amide bonds. The molecule has 3 fully saturated rings. The zero-order valence-corrected chi connectivity index (χ0v) is 13.0. The van der Waals surface area contributed by atoms with E-state index in [1.165, 1.54) is 0 Å². The van der Waals surface area contributed by atoms with Gasteiger partial charge >= 0.3 is 0 Å². The minimum atomic E-state index is -0.273. The van der Waals surface area contributed by atoms with Gasteiger partial charge in [0.05, 0.1) is 4.87 Å². The van der Waals surface area contributed by atoms with Crippen molar-refractivity contribution in [3.05, 3.63) is 0 Å². The molecule has 0 aliphatic carbocycles. The first-order valence-corrected chi connectivity index (χ1v) is 8.48. The largest absolute Gasteiger partial charge is 0.351 e. The summed E-state index contributed by atoms with van der Waals surface area (Å²) in [5.41, 5.74) is 0. The van der Waals surface area contributed by atoms with Crippen molar-refractivity contribution in [1.82, 2.24) is 15.5 Å². The van der Waals surface area contributed by atoms with Crippen LogP contribution in [0.4, 0.5) is 0 Å². The first kappa shape index (κ1) is 14.2. The van der Waals surface area contributed by atoms with Gasteiger partial charge in [-0.05, 0) is 39.7 Å². The van der Waals surface area contributed by atoms with E-state index in [2.05, 4.69) is 24.5 Å². The molecule has 2 N–H and O–H groups in total. The SMILES string of the molecule is CC1CC(NC(=O)C2CSC3(C)CCC(=O)N23)CCN1. The number of thioether (sulfide) groups is 1. The van der Waals surface area contributed by atoms with Gasteiger partial charge in [-0.3, -0.25) is 9.59 Å². The highest BCUT2D eigenvalue weighted by Crippen LogP contribution is 2.47. The Balaban J connectivity index is 1.64. The van der Waals surface area contributed by atoms with Crippen LogP contribution < -0.4 is 10.6 Å². The Bertz CT molecular complexity index is 431. The van der Waals surface area contributed by atoms with Gasteiger partial charge in [0, 0.05) is 24.3 Å². The first-order chi connectivity index (χ1) is 9.49. The van der Waals surface area contributed by atoms with Crippen LogP contribution in [-0.4, -0.2) is 52.0 Å². The van der Waals surface area contributed by atoms with Gasteiger partial charge in [0.15, 0.2) is 0 Å². The number of nitrogens with zero attached hydrogens (tertiary/aromatic N) is 1. The fourth-order valence-electron chi connectivity index (χ4n) is 3.58. The van der Waals surface area contributed by atoms with Crippen LogP contribution >= 0.6 is 11.8 Å². The molecule has 0 spiro atoms. The average molecular weight is 297 g/mol. The second-order valence-corrected chi connectivity index (χ2v) is 7.85. The monoisotopic (exact) mass is 297 g/mol. The molecule has 6 heteroatoms. The third kappa shape index (κ3) is 2.44. The van der Waals surface area contributed by atoms with E-state index in [0.717, 1.165) is 31.6 Å². The summed E-state index contributed by atoms with van der Waals surface area (Å²) in [4.78, 5) is 26.2. The molecule has 0 aromatic heterocycles. The molecule has 4 unspecified atom stereocenters. The van der Waals surface area contributed by atoms with Gasteiger partial charge in [0.1, 0.15) is 6.04 Å². The van der Waals surface area contributed by atoms with Crippen LogP contribution in [-0.2, 0) is 9.59 Å². The van der Waals surface area contributed by atoms with E-state index in [9.17, 15) is 9.59 Å². The first-order valence-electron chi connectivity index (χ1n) is 7.49. The Hall–Kier alpha value is -0.750. The average Bonchev–Trinajstić information content (AvgIpc) is 2.87. The molecule has 0 saturated carbocycles. The van der Waals surface area contributed by atoms with Gasteiger partial charge < -0.3 is 15.5 Å². The van der Waals surface area contributed by atoms with E-state index in [-0.39, 0.29) is 28.8 Å². The van der Waals surface area contributed by atoms with Crippen molar-refractivity contribution >= 4 is 23.6 Å². The highest BCUT2D eigenvalue weighted by atomic mass is 32.2. The smallest absolute Gasteiger partial charge is 0.243 e. The predicted octanol–water partition coefficient (Wildman–Crippen LogP) is 0.697. The van der Waals surface area contributed by atoms with Gasteiger partial charge in [-0.1, -0.05) is 0 Å². The highest BCUT2D eigenvalue weighted by Gasteiger charge is 2.53. The molecule has 0 aromatic carbocycles. The zero-order valence-electron chi connectivity index (χ0n) is 12.1. The van der Waals surface area contributed by atoms with Crippen LogP contribution in [0, 0.1) is 0 Å². The summed E-state index contributed by atoms with van der Waals surface area (Å²) in [6, 6.07) is 0.421. The van der Waals surface area contributed by atoms with Crippen molar-refractivity contribution in [2.24, 2.45) is 0 Å². The highest BCUT2D eigenvalue weighted by molar-refractivity contribution is 8.01. The Morgan fingerprint density at radius 3 is 3.10 bits per heavy atom. The van der Waals surface area contributed by atoms with Gasteiger partial charge in [-0.25, -0.2) is 0 Å². The van der Waals surface area contributed by atoms with Crippen molar-refractivity contribution in [2.45, 2.75) is 62.5 Å². The maximum Gasteiger partial charge on any atom is 0.243 e. The lowest BCUT2D eigenvalue weighted by molar-refractivity contribution is -0.138. The lowest BCUT2D eigenvalue weighted by Gasteiger charge is -2.33. The molecule has 3 aliphatic rings. The summed E-state index contributed by atoms with van der Waals surface area (Å²) >= 11 is 1.75. The Morgan fingerprint density at radius 2 is 2.35 bits per heavy atom. The Labute approximate surface area is 124 Å². The molecular weight excluding hydrogens is 274 g/mol. The number of carbonyl (C=O) groups is 2. The predicted molar refractivity (Wildman–Crippen MR) is 79.4 cm³/mol.